The lowest BCUT2D eigenvalue weighted by atomic mass is 10.1. The molecule has 1 heterocycles. The first-order valence-electron chi connectivity index (χ1n) is 5.50. The number of halogens is 3. The molecule has 18 heavy (non-hydrogen) atoms. The molecule has 0 fully saturated rings. The quantitative estimate of drug-likeness (QED) is 0.806. The molecule has 0 spiro atoms. The van der Waals surface area contributed by atoms with Crippen LogP contribution in [0.25, 0.3) is 0 Å². The van der Waals surface area contributed by atoms with E-state index in [0.717, 1.165) is 12.5 Å². The molecule has 1 aromatic heterocycles. The SMILES string of the molecule is CCC(Br)c1nc(Cc2ccc(F)cc2F)no1. The highest BCUT2D eigenvalue weighted by molar-refractivity contribution is 9.09. The van der Waals surface area contributed by atoms with Crippen LogP contribution in [0.1, 0.15) is 35.5 Å². The van der Waals surface area contributed by atoms with Crippen molar-refractivity contribution in [1.82, 2.24) is 10.1 Å². The third kappa shape index (κ3) is 2.93. The van der Waals surface area contributed by atoms with Crippen molar-refractivity contribution in [3.63, 3.8) is 0 Å². The average Bonchev–Trinajstić information content (AvgIpc) is 2.80. The molecule has 0 saturated heterocycles. The largest absolute Gasteiger partial charge is 0.338 e. The van der Waals surface area contributed by atoms with Gasteiger partial charge in [0.1, 0.15) is 11.6 Å². The third-order valence-corrected chi connectivity index (χ3v) is 3.51. The van der Waals surface area contributed by atoms with Crippen molar-refractivity contribution in [2.75, 3.05) is 0 Å². The zero-order valence-electron chi connectivity index (χ0n) is 9.66. The lowest BCUT2D eigenvalue weighted by molar-refractivity contribution is 0.371. The van der Waals surface area contributed by atoms with E-state index in [0.29, 0.717) is 17.3 Å². The molecule has 0 aliphatic heterocycles. The van der Waals surface area contributed by atoms with E-state index in [1.807, 2.05) is 6.92 Å². The Kier molecular flexibility index (Phi) is 4.06. The Hall–Kier alpha value is -1.30. The predicted molar refractivity (Wildman–Crippen MR) is 65.4 cm³/mol. The molecule has 1 unspecified atom stereocenters. The minimum Gasteiger partial charge on any atom is -0.338 e. The van der Waals surface area contributed by atoms with Gasteiger partial charge >= 0.3 is 0 Å². The Bertz CT molecular complexity index is 545. The van der Waals surface area contributed by atoms with Crippen LogP contribution in [-0.4, -0.2) is 10.1 Å². The van der Waals surface area contributed by atoms with Crippen LogP contribution >= 0.6 is 15.9 Å². The first-order valence-corrected chi connectivity index (χ1v) is 6.42. The summed E-state index contributed by atoms with van der Waals surface area (Å²) in [5, 5.41) is 3.77. The summed E-state index contributed by atoms with van der Waals surface area (Å²) in [6.45, 7) is 1.98. The highest BCUT2D eigenvalue weighted by atomic mass is 79.9. The topological polar surface area (TPSA) is 38.9 Å². The summed E-state index contributed by atoms with van der Waals surface area (Å²) in [5.74, 6) is -0.354. The second-order valence-corrected chi connectivity index (χ2v) is 4.94. The van der Waals surface area contributed by atoms with Gasteiger partial charge in [-0.1, -0.05) is 34.1 Å². The maximum absolute atomic E-state index is 13.4. The summed E-state index contributed by atoms with van der Waals surface area (Å²) in [5.41, 5.74) is 0.339. The number of benzene rings is 1. The van der Waals surface area contributed by atoms with Gasteiger partial charge in [-0.2, -0.15) is 4.98 Å². The third-order valence-electron chi connectivity index (χ3n) is 2.47. The molecular formula is C12H11BrF2N2O. The first-order chi connectivity index (χ1) is 8.60. The summed E-state index contributed by atoms with van der Waals surface area (Å²) in [7, 11) is 0. The number of aromatic nitrogens is 2. The van der Waals surface area contributed by atoms with E-state index < -0.39 is 11.6 Å². The highest BCUT2D eigenvalue weighted by Gasteiger charge is 2.15. The van der Waals surface area contributed by atoms with Gasteiger partial charge in [0.2, 0.25) is 5.89 Å². The van der Waals surface area contributed by atoms with E-state index in [-0.39, 0.29) is 11.2 Å². The van der Waals surface area contributed by atoms with E-state index in [2.05, 4.69) is 26.1 Å². The van der Waals surface area contributed by atoms with E-state index in [1.165, 1.54) is 12.1 Å². The molecule has 2 rings (SSSR count). The van der Waals surface area contributed by atoms with Crippen molar-refractivity contribution in [2.24, 2.45) is 0 Å². The predicted octanol–water partition coefficient (Wildman–Crippen LogP) is 3.78. The Morgan fingerprint density at radius 1 is 1.39 bits per heavy atom. The maximum Gasteiger partial charge on any atom is 0.240 e. The molecule has 0 saturated carbocycles. The van der Waals surface area contributed by atoms with Crippen LogP contribution in [0.3, 0.4) is 0 Å². The molecular weight excluding hydrogens is 306 g/mol. The molecule has 2 aromatic rings. The van der Waals surface area contributed by atoms with Crippen molar-refractivity contribution < 1.29 is 13.3 Å². The second kappa shape index (κ2) is 5.56. The van der Waals surface area contributed by atoms with E-state index >= 15 is 0 Å². The van der Waals surface area contributed by atoms with Crippen molar-refractivity contribution in [3.05, 3.63) is 47.1 Å². The summed E-state index contributed by atoms with van der Waals surface area (Å²) in [6.07, 6.45) is 0.992. The van der Waals surface area contributed by atoms with Crippen LogP contribution in [0.5, 0.6) is 0 Å². The van der Waals surface area contributed by atoms with Crippen molar-refractivity contribution in [1.29, 1.82) is 0 Å². The first kappa shape index (κ1) is 13.1. The molecule has 0 bridgehead atoms. The zero-order valence-corrected chi connectivity index (χ0v) is 11.2. The fourth-order valence-electron chi connectivity index (χ4n) is 1.48. The van der Waals surface area contributed by atoms with Crippen molar-refractivity contribution in [3.8, 4) is 0 Å². The van der Waals surface area contributed by atoms with Crippen LogP contribution in [-0.2, 0) is 6.42 Å². The normalized spacial score (nSPS) is 12.7. The monoisotopic (exact) mass is 316 g/mol. The molecule has 1 aromatic carbocycles. The van der Waals surface area contributed by atoms with Crippen LogP contribution in [0.4, 0.5) is 8.78 Å². The van der Waals surface area contributed by atoms with Crippen molar-refractivity contribution in [2.45, 2.75) is 24.6 Å². The molecule has 3 nitrogen and oxygen atoms in total. The van der Waals surface area contributed by atoms with Crippen LogP contribution < -0.4 is 0 Å². The fraction of sp³-hybridized carbons (Fsp3) is 0.333. The Morgan fingerprint density at radius 3 is 2.83 bits per heavy atom. The zero-order chi connectivity index (χ0) is 13.1. The smallest absolute Gasteiger partial charge is 0.240 e. The van der Waals surface area contributed by atoms with E-state index in [4.69, 9.17) is 4.52 Å². The van der Waals surface area contributed by atoms with Gasteiger partial charge in [-0.25, -0.2) is 8.78 Å². The van der Waals surface area contributed by atoms with Crippen molar-refractivity contribution >= 4 is 15.9 Å². The van der Waals surface area contributed by atoms with Gasteiger partial charge in [0.05, 0.1) is 4.83 Å². The molecule has 0 amide bonds. The van der Waals surface area contributed by atoms with Crippen LogP contribution in [0, 0.1) is 11.6 Å². The van der Waals surface area contributed by atoms with Gasteiger partial charge in [0.15, 0.2) is 5.82 Å². The van der Waals surface area contributed by atoms with Crippen LogP contribution in [0.15, 0.2) is 22.7 Å². The van der Waals surface area contributed by atoms with Gasteiger partial charge in [0, 0.05) is 12.5 Å². The Labute approximate surface area is 111 Å². The lowest BCUT2D eigenvalue weighted by Gasteiger charge is -1.99. The molecule has 6 heteroatoms. The van der Waals surface area contributed by atoms with Gasteiger partial charge in [0.25, 0.3) is 0 Å². The van der Waals surface area contributed by atoms with E-state index in [1.54, 1.807) is 0 Å². The number of hydrogen-bond donors (Lipinski definition) is 0. The van der Waals surface area contributed by atoms with Gasteiger partial charge < -0.3 is 4.52 Å². The number of rotatable bonds is 4. The molecule has 1 atom stereocenters. The van der Waals surface area contributed by atoms with Gasteiger partial charge in [-0.3, -0.25) is 0 Å². The van der Waals surface area contributed by atoms with Gasteiger partial charge in [-0.15, -0.1) is 0 Å². The minimum absolute atomic E-state index is 0.00295. The van der Waals surface area contributed by atoms with E-state index in [9.17, 15) is 8.78 Å². The second-order valence-electron chi connectivity index (χ2n) is 3.84. The average molecular weight is 317 g/mol. The van der Waals surface area contributed by atoms with Gasteiger partial charge in [-0.05, 0) is 18.1 Å². The number of nitrogens with zero attached hydrogens (tertiary/aromatic N) is 2. The molecule has 0 aliphatic rings. The number of alkyl halides is 1. The Balaban J connectivity index is 2.16. The lowest BCUT2D eigenvalue weighted by Crippen LogP contribution is -1.96. The molecule has 0 aliphatic carbocycles. The summed E-state index contributed by atoms with van der Waals surface area (Å²) in [4.78, 5) is 4.15. The molecule has 0 N–H and O–H groups in total. The Morgan fingerprint density at radius 2 is 2.17 bits per heavy atom. The summed E-state index contributed by atoms with van der Waals surface area (Å²) in [6, 6.07) is 3.43. The highest BCUT2D eigenvalue weighted by Crippen LogP contribution is 2.24. The maximum atomic E-state index is 13.4. The van der Waals surface area contributed by atoms with Crippen LogP contribution in [0.2, 0.25) is 0 Å². The summed E-state index contributed by atoms with van der Waals surface area (Å²) < 4.78 is 31.2. The fourth-order valence-corrected chi connectivity index (χ4v) is 1.66. The molecule has 0 radical (unpaired) electrons. The molecule has 96 valence electrons. The minimum atomic E-state index is -0.604. The summed E-state index contributed by atoms with van der Waals surface area (Å²) >= 11 is 3.39. The number of hydrogen-bond acceptors (Lipinski definition) is 3. The standard InChI is InChI=1S/C12H11BrF2N2O/c1-2-9(13)12-16-11(17-18-12)5-7-3-4-8(14)6-10(7)15/h3-4,6,9H,2,5H2,1H3.